The van der Waals surface area contributed by atoms with E-state index in [1.165, 1.54) is 24.7 Å². The van der Waals surface area contributed by atoms with Crippen LogP contribution in [-0.2, 0) is 14.8 Å². The average Bonchev–Trinajstić information content (AvgIpc) is 2.75. The monoisotopic (exact) mass is 434 g/mol. The van der Waals surface area contributed by atoms with Gasteiger partial charge in [-0.25, -0.2) is 18.1 Å². The Balaban J connectivity index is 1.51. The minimum Gasteiger partial charge on any atom is -0.394 e. The molecule has 1 amide bonds. The molecule has 30 heavy (non-hydrogen) atoms. The van der Waals surface area contributed by atoms with Gasteiger partial charge in [0.25, 0.3) is 5.91 Å². The molecule has 162 valence electrons. The number of carbonyl (C=O) groups is 1. The fourth-order valence-corrected chi connectivity index (χ4v) is 4.79. The highest BCUT2D eigenvalue weighted by Gasteiger charge is 2.33. The summed E-state index contributed by atoms with van der Waals surface area (Å²) in [5.41, 5.74) is 1.08. The summed E-state index contributed by atoms with van der Waals surface area (Å²) < 4.78 is 33.9. The predicted molar refractivity (Wildman–Crippen MR) is 109 cm³/mol. The first-order valence-electron chi connectivity index (χ1n) is 9.78. The van der Waals surface area contributed by atoms with Crippen LogP contribution in [0.5, 0.6) is 0 Å². The molecular formula is C20H26N4O5S. The highest BCUT2D eigenvalue weighted by molar-refractivity contribution is 7.89. The van der Waals surface area contributed by atoms with Gasteiger partial charge < -0.3 is 15.2 Å². The van der Waals surface area contributed by atoms with Crippen LogP contribution in [-0.4, -0.2) is 60.8 Å². The van der Waals surface area contributed by atoms with E-state index in [1.807, 2.05) is 13.0 Å². The molecule has 3 rings (SSSR count). The molecule has 0 unspecified atom stereocenters. The van der Waals surface area contributed by atoms with Gasteiger partial charge in [0.1, 0.15) is 5.69 Å². The van der Waals surface area contributed by atoms with E-state index in [4.69, 9.17) is 4.74 Å². The molecule has 10 heteroatoms. The molecule has 0 spiro atoms. The Morgan fingerprint density at radius 3 is 2.83 bits per heavy atom. The van der Waals surface area contributed by atoms with Crippen molar-refractivity contribution in [1.82, 2.24) is 20.0 Å². The number of hydrogen-bond acceptors (Lipinski definition) is 7. The Hall–Kier alpha value is -2.40. The number of aryl methyl sites for hydroxylation is 1. The summed E-state index contributed by atoms with van der Waals surface area (Å²) in [6.45, 7) is 1.90. The van der Waals surface area contributed by atoms with E-state index in [1.54, 1.807) is 12.1 Å². The van der Waals surface area contributed by atoms with Crippen LogP contribution in [0, 0.1) is 6.92 Å². The predicted octanol–water partition coefficient (Wildman–Crippen LogP) is 0.792. The smallest absolute Gasteiger partial charge is 0.271 e. The molecule has 3 atom stereocenters. The number of amides is 1. The summed E-state index contributed by atoms with van der Waals surface area (Å²) in [6.07, 6.45) is 5.16. The van der Waals surface area contributed by atoms with Gasteiger partial charge in [0.15, 0.2) is 0 Å². The second kappa shape index (κ2) is 10.1. The number of aliphatic hydroxyl groups is 1. The number of nitrogens with one attached hydrogen (secondary N) is 2. The Morgan fingerprint density at radius 1 is 1.30 bits per heavy atom. The lowest BCUT2D eigenvalue weighted by atomic mass is 9.98. The van der Waals surface area contributed by atoms with Crippen LogP contribution in [0.1, 0.15) is 35.3 Å². The van der Waals surface area contributed by atoms with Gasteiger partial charge in [-0.1, -0.05) is 12.1 Å². The number of sulfonamides is 1. The van der Waals surface area contributed by atoms with Crippen LogP contribution in [0.2, 0.25) is 0 Å². The molecule has 1 fully saturated rings. The van der Waals surface area contributed by atoms with E-state index >= 15 is 0 Å². The highest BCUT2D eigenvalue weighted by Crippen LogP contribution is 2.23. The van der Waals surface area contributed by atoms with Gasteiger partial charge in [0.2, 0.25) is 10.0 Å². The molecule has 0 aliphatic carbocycles. The first-order chi connectivity index (χ1) is 14.4. The largest absolute Gasteiger partial charge is 0.394 e. The van der Waals surface area contributed by atoms with Crippen LogP contribution in [0.15, 0.2) is 47.8 Å². The third kappa shape index (κ3) is 5.82. The summed E-state index contributed by atoms with van der Waals surface area (Å²) >= 11 is 0. The number of rotatable bonds is 8. The molecule has 1 aliphatic heterocycles. The number of benzene rings is 1. The molecule has 0 saturated carbocycles. The summed E-state index contributed by atoms with van der Waals surface area (Å²) in [4.78, 5) is 20.0. The maximum absolute atomic E-state index is 12.7. The van der Waals surface area contributed by atoms with Crippen LogP contribution >= 0.6 is 0 Å². The molecule has 0 radical (unpaired) electrons. The molecule has 1 saturated heterocycles. The molecule has 1 aliphatic rings. The van der Waals surface area contributed by atoms with Crippen LogP contribution in [0.3, 0.4) is 0 Å². The van der Waals surface area contributed by atoms with E-state index in [0.29, 0.717) is 25.8 Å². The third-order valence-electron chi connectivity index (χ3n) is 4.95. The van der Waals surface area contributed by atoms with Crippen molar-refractivity contribution >= 4 is 15.9 Å². The van der Waals surface area contributed by atoms with Gasteiger partial charge in [-0.05, 0) is 43.9 Å². The zero-order valence-electron chi connectivity index (χ0n) is 16.7. The molecule has 2 heterocycles. The van der Waals surface area contributed by atoms with Gasteiger partial charge in [-0.3, -0.25) is 9.78 Å². The van der Waals surface area contributed by atoms with Crippen LogP contribution in [0.25, 0.3) is 0 Å². The Kier molecular flexibility index (Phi) is 7.48. The maximum atomic E-state index is 12.7. The van der Waals surface area contributed by atoms with Crippen molar-refractivity contribution in [2.75, 3.05) is 13.2 Å². The lowest BCUT2D eigenvalue weighted by molar-refractivity contribution is -0.0871. The topological polar surface area (TPSA) is 131 Å². The van der Waals surface area contributed by atoms with Crippen molar-refractivity contribution in [3.05, 3.63) is 54.1 Å². The van der Waals surface area contributed by atoms with Gasteiger partial charge in [-0.15, -0.1) is 0 Å². The minimum atomic E-state index is -3.71. The first-order valence-corrected chi connectivity index (χ1v) is 11.3. The Morgan fingerprint density at radius 2 is 2.13 bits per heavy atom. The van der Waals surface area contributed by atoms with E-state index < -0.39 is 22.2 Å². The summed E-state index contributed by atoms with van der Waals surface area (Å²) in [7, 11) is -3.71. The normalized spacial score (nSPS) is 21.9. The molecule has 9 nitrogen and oxygen atoms in total. The molecule has 1 aromatic carbocycles. The zero-order chi connectivity index (χ0) is 21.6. The second-order valence-electron chi connectivity index (χ2n) is 7.24. The van der Waals surface area contributed by atoms with Crippen molar-refractivity contribution in [3.63, 3.8) is 0 Å². The summed E-state index contributed by atoms with van der Waals surface area (Å²) in [5, 5.41) is 12.5. The number of ether oxygens (including phenoxy) is 1. The Labute approximate surface area is 176 Å². The summed E-state index contributed by atoms with van der Waals surface area (Å²) in [5.74, 6) is -0.318. The fourth-order valence-electron chi connectivity index (χ4n) is 3.38. The summed E-state index contributed by atoms with van der Waals surface area (Å²) in [6, 6.07) is 6.13. The lowest BCUT2D eigenvalue weighted by Gasteiger charge is -2.36. The lowest BCUT2D eigenvalue weighted by Crippen LogP contribution is -2.51. The number of aliphatic hydroxyl groups excluding tert-OH is 1. The molecule has 2 aromatic rings. The van der Waals surface area contributed by atoms with E-state index in [0.717, 1.165) is 5.56 Å². The number of carbonyl (C=O) groups excluding carboxylic acids is 1. The SMILES string of the molecule is Cc1cccc(S(=O)(=O)N[C@@H]2CC[C@H](CCNC(=O)c3cnccn3)O[C@@H]2CO)c1. The average molecular weight is 435 g/mol. The first kappa shape index (κ1) is 22.3. The van der Waals surface area contributed by atoms with Gasteiger partial charge in [0, 0.05) is 18.9 Å². The van der Waals surface area contributed by atoms with Crippen molar-refractivity contribution in [2.45, 2.75) is 49.3 Å². The standard InChI is InChI=1S/C20H26N4O5S/c1-14-3-2-4-16(11-14)30(27,28)24-17-6-5-15(29-19(17)13-25)7-8-23-20(26)18-12-21-9-10-22-18/h2-4,9-12,15,17,19,24-25H,5-8,13H2,1H3,(H,23,26)/t15-,17-,19-/m1/s1. The van der Waals surface area contributed by atoms with Crippen molar-refractivity contribution < 1.29 is 23.1 Å². The van der Waals surface area contributed by atoms with E-state index in [2.05, 4.69) is 20.0 Å². The Bertz CT molecular complexity index is 955. The number of nitrogens with zero attached hydrogens (tertiary/aromatic N) is 2. The maximum Gasteiger partial charge on any atom is 0.271 e. The second-order valence-corrected chi connectivity index (χ2v) is 8.95. The minimum absolute atomic E-state index is 0.188. The van der Waals surface area contributed by atoms with Gasteiger partial charge in [0.05, 0.1) is 35.9 Å². The third-order valence-corrected chi connectivity index (χ3v) is 6.44. The molecule has 0 bridgehead atoms. The fraction of sp³-hybridized carbons (Fsp3) is 0.450. The van der Waals surface area contributed by atoms with Crippen molar-refractivity contribution in [3.8, 4) is 0 Å². The molecule has 1 aromatic heterocycles. The van der Waals surface area contributed by atoms with Gasteiger partial charge >= 0.3 is 0 Å². The highest BCUT2D eigenvalue weighted by atomic mass is 32.2. The quantitative estimate of drug-likeness (QED) is 0.560. The number of aromatic nitrogens is 2. The zero-order valence-corrected chi connectivity index (χ0v) is 17.5. The van der Waals surface area contributed by atoms with Crippen LogP contribution < -0.4 is 10.0 Å². The molecule has 3 N–H and O–H groups in total. The van der Waals surface area contributed by atoms with Crippen molar-refractivity contribution in [1.29, 1.82) is 0 Å². The van der Waals surface area contributed by atoms with Crippen LogP contribution in [0.4, 0.5) is 0 Å². The van der Waals surface area contributed by atoms with Gasteiger partial charge in [-0.2, -0.15) is 0 Å². The molecular weight excluding hydrogens is 408 g/mol. The van der Waals surface area contributed by atoms with E-state index in [-0.39, 0.29) is 29.2 Å². The van der Waals surface area contributed by atoms with E-state index in [9.17, 15) is 18.3 Å². The number of hydrogen-bond donors (Lipinski definition) is 3. The van der Waals surface area contributed by atoms with Crippen molar-refractivity contribution in [2.24, 2.45) is 0 Å².